The smallest absolute Gasteiger partial charge is 0.416 e. The number of carbonyl (C=O) groups excluding carboxylic acids is 1. The van der Waals surface area contributed by atoms with Gasteiger partial charge in [-0.15, -0.1) is 0 Å². The van der Waals surface area contributed by atoms with Crippen molar-refractivity contribution in [2.24, 2.45) is 0 Å². The number of carbonyl (C=O) groups is 1. The Morgan fingerprint density at radius 1 is 0.860 bits per heavy atom. The molecule has 0 spiro atoms. The fourth-order valence-corrected chi connectivity index (χ4v) is 5.63. The molecule has 0 radical (unpaired) electrons. The van der Waals surface area contributed by atoms with Gasteiger partial charge < -0.3 is 14.2 Å². The Labute approximate surface area is 240 Å². The molecule has 1 aliphatic rings. The Morgan fingerprint density at radius 2 is 1.49 bits per heavy atom. The third-order valence-electron chi connectivity index (χ3n) is 7.51. The van der Waals surface area contributed by atoms with Crippen LogP contribution in [0.1, 0.15) is 27.0 Å². The second-order valence-electron chi connectivity index (χ2n) is 10.3. The minimum absolute atomic E-state index is 0.0318. The first kappa shape index (κ1) is 28.3. The van der Waals surface area contributed by atoms with Crippen LogP contribution >= 0.6 is 0 Å². The van der Waals surface area contributed by atoms with E-state index in [1.165, 1.54) is 11.6 Å². The summed E-state index contributed by atoms with van der Waals surface area (Å²) < 4.78 is 88.1. The van der Waals surface area contributed by atoms with Crippen LogP contribution in [0.4, 0.5) is 26.3 Å². The van der Waals surface area contributed by atoms with Gasteiger partial charge in [0, 0.05) is 24.5 Å². The molecule has 0 N–H and O–H groups in total. The molecule has 5 nitrogen and oxygen atoms in total. The highest BCUT2D eigenvalue weighted by Crippen LogP contribution is 2.40. The Bertz CT molecular complexity index is 1940. The summed E-state index contributed by atoms with van der Waals surface area (Å²) in [6.45, 7) is -0.288. The Morgan fingerprint density at radius 3 is 2.19 bits per heavy atom. The van der Waals surface area contributed by atoms with Crippen LogP contribution in [-0.4, -0.2) is 29.0 Å². The molecular weight excluding hydrogens is 574 g/mol. The van der Waals surface area contributed by atoms with Crippen LogP contribution in [0.3, 0.4) is 0 Å². The zero-order chi connectivity index (χ0) is 30.7. The highest BCUT2D eigenvalue weighted by atomic mass is 19.4. The number of hydrogen-bond acceptors (Lipinski definition) is 3. The Kier molecular flexibility index (Phi) is 6.71. The normalized spacial score (nSPS) is 13.3. The van der Waals surface area contributed by atoms with E-state index in [4.69, 9.17) is 4.74 Å². The molecule has 0 unspecified atom stereocenters. The summed E-state index contributed by atoms with van der Waals surface area (Å²) in [5, 5.41) is 2.13. The van der Waals surface area contributed by atoms with E-state index in [2.05, 4.69) is 0 Å². The number of halogens is 6. The third kappa shape index (κ3) is 4.98. The molecule has 0 atom stereocenters. The molecule has 11 heteroatoms. The van der Waals surface area contributed by atoms with E-state index in [1.54, 1.807) is 30.3 Å². The van der Waals surface area contributed by atoms with Crippen LogP contribution in [0, 0.1) is 0 Å². The standard InChI is InChI=1S/C32H22F6N2O3/c1-39(17-18-14-20(31(33,34)35)16-21(15-18)32(36,37)38)29(41)27-26(23-9-4-7-19-6-2-3-8-22(19)23)24-10-5-11-25-28(24)40(30(27)42)12-13-43-25/h2-11,14-16H,12-13,17H2,1H3. The molecular formula is C32H22F6N2O3. The van der Waals surface area contributed by atoms with E-state index in [-0.39, 0.29) is 30.3 Å². The molecule has 0 saturated heterocycles. The highest BCUT2D eigenvalue weighted by Gasteiger charge is 2.37. The number of para-hydroxylation sites is 1. The number of hydrogen-bond donors (Lipinski definition) is 0. The molecule has 5 aromatic rings. The summed E-state index contributed by atoms with van der Waals surface area (Å²) in [6.07, 6.45) is -10.1. The van der Waals surface area contributed by atoms with Crippen LogP contribution in [0.2, 0.25) is 0 Å². The molecule has 1 amide bonds. The first-order valence-electron chi connectivity index (χ1n) is 13.2. The van der Waals surface area contributed by atoms with Crippen molar-refractivity contribution in [2.75, 3.05) is 13.7 Å². The predicted molar refractivity (Wildman–Crippen MR) is 149 cm³/mol. The van der Waals surface area contributed by atoms with E-state index in [0.717, 1.165) is 15.7 Å². The lowest BCUT2D eigenvalue weighted by Crippen LogP contribution is -2.37. The van der Waals surface area contributed by atoms with E-state index >= 15 is 0 Å². The van der Waals surface area contributed by atoms with Crippen LogP contribution in [0.15, 0.2) is 83.7 Å². The summed E-state index contributed by atoms with van der Waals surface area (Å²) >= 11 is 0. The molecule has 43 heavy (non-hydrogen) atoms. The fourth-order valence-electron chi connectivity index (χ4n) is 5.63. The number of ether oxygens (including phenoxy) is 1. The minimum atomic E-state index is -5.04. The van der Waals surface area contributed by atoms with E-state index in [9.17, 15) is 35.9 Å². The highest BCUT2D eigenvalue weighted by molar-refractivity contribution is 6.14. The van der Waals surface area contributed by atoms with Crippen molar-refractivity contribution >= 4 is 27.6 Å². The molecule has 1 aliphatic heterocycles. The van der Waals surface area contributed by atoms with Gasteiger partial charge >= 0.3 is 12.4 Å². The number of rotatable bonds is 4. The van der Waals surface area contributed by atoms with Crippen molar-refractivity contribution in [1.29, 1.82) is 0 Å². The van der Waals surface area contributed by atoms with Gasteiger partial charge in [-0.3, -0.25) is 9.59 Å². The first-order valence-corrected chi connectivity index (χ1v) is 13.2. The summed E-state index contributed by atoms with van der Waals surface area (Å²) in [4.78, 5) is 29.1. The quantitative estimate of drug-likeness (QED) is 0.202. The van der Waals surface area contributed by atoms with Crippen molar-refractivity contribution in [3.63, 3.8) is 0 Å². The molecule has 0 fully saturated rings. The minimum Gasteiger partial charge on any atom is -0.490 e. The average Bonchev–Trinajstić information content (AvgIpc) is 2.97. The third-order valence-corrected chi connectivity index (χ3v) is 7.51. The maximum atomic E-state index is 14.1. The number of fused-ring (bicyclic) bond motifs is 1. The maximum absolute atomic E-state index is 14.1. The monoisotopic (exact) mass is 596 g/mol. The zero-order valence-corrected chi connectivity index (χ0v) is 22.5. The van der Waals surface area contributed by atoms with Gasteiger partial charge in [0.1, 0.15) is 17.9 Å². The molecule has 1 aromatic heterocycles. The van der Waals surface area contributed by atoms with Crippen LogP contribution in [-0.2, 0) is 25.4 Å². The van der Waals surface area contributed by atoms with Gasteiger partial charge in [-0.1, -0.05) is 54.6 Å². The molecule has 0 aliphatic carbocycles. The second kappa shape index (κ2) is 10.2. The van der Waals surface area contributed by atoms with Crippen LogP contribution in [0.5, 0.6) is 5.75 Å². The number of alkyl halides is 6. The summed E-state index contributed by atoms with van der Waals surface area (Å²) in [6, 6.07) is 19.2. The number of pyridine rings is 1. The van der Waals surface area contributed by atoms with Crippen molar-refractivity contribution in [3.8, 4) is 16.9 Å². The molecule has 6 rings (SSSR count). The van der Waals surface area contributed by atoms with Gasteiger partial charge in [-0.05, 0) is 46.2 Å². The number of benzene rings is 4. The van der Waals surface area contributed by atoms with E-state index < -0.39 is 41.5 Å². The van der Waals surface area contributed by atoms with Gasteiger partial charge in [0.05, 0.1) is 23.2 Å². The van der Waals surface area contributed by atoms with Gasteiger partial charge in [0.2, 0.25) is 0 Å². The second-order valence-corrected chi connectivity index (χ2v) is 10.3. The fraction of sp³-hybridized carbons (Fsp3) is 0.188. The van der Waals surface area contributed by atoms with Gasteiger partial charge in [-0.2, -0.15) is 26.3 Å². The van der Waals surface area contributed by atoms with Crippen molar-refractivity contribution in [1.82, 2.24) is 9.47 Å². The predicted octanol–water partition coefficient (Wildman–Crippen LogP) is 7.52. The van der Waals surface area contributed by atoms with Gasteiger partial charge in [0.25, 0.3) is 11.5 Å². The van der Waals surface area contributed by atoms with Crippen LogP contribution in [0.25, 0.3) is 32.8 Å². The molecule has 0 saturated carbocycles. The summed E-state index contributed by atoms with van der Waals surface area (Å²) in [5.41, 5.74) is -2.88. The van der Waals surface area contributed by atoms with Crippen molar-refractivity contribution < 1.29 is 35.9 Å². The largest absolute Gasteiger partial charge is 0.490 e. The zero-order valence-electron chi connectivity index (χ0n) is 22.5. The van der Waals surface area contributed by atoms with Gasteiger partial charge in [-0.25, -0.2) is 0 Å². The van der Waals surface area contributed by atoms with Gasteiger partial charge in [0.15, 0.2) is 0 Å². The summed E-state index contributed by atoms with van der Waals surface area (Å²) in [5.74, 6) is -0.389. The topological polar surface area (TPSA) is 51.5 Å². The molecule has 2 heterocycles. The lowest BCUT2D eigenvalue weighted by atomic mass is 9.91. The maximum Gasteiger partial charge on any atom is 0.416 e. The lowest BCUT2D eigenvalue weighted by Gasteiger charge is -2.26. The first-order chi connectivity index (χ1) is 20.3. The Balaban J connectivity index is 1.55. The lowest BCUT2D eigenvalue weighted by molar-refractivity contribution is -0.143. The van der Waals surface area contributed by atoms with E-state index in [0.29, 0.717) is 39.9 Å². The van der Waals surface area contributed by atoms with Crippen LogP contribution < -0.4 is 10.3 Å². The average molecular weight is 597 g/mol. The number of nitrogens with zero attached hydrogens (tertiary/aromatic N) is 2. The molecule has 0 bridgehead atoms. The molecule has 4 aromatic carbocycles. The van der Waals surface area contributed by atoms with Crippen molar-refractivity contribution in [2.45, 2.75) is 25.4 Å². The number of amides is 1. The summed E-state index contributed by atoms with van der Waals surface area (Å²) in [7, 11) is 1.24. The SMILES string of the molecule is CN(Cc1cc(C(F)(F)F)cc(C(F)(F)F)c1)C(=O)c1c(-c2cccc3ccccc23)c2cccc3c2n(c1=O)CCO3. The Hall–Kier alpha value is -4.80. The van der Waals surface area contributed by atoms with E-state index in [1.807, 2.05) is 30.3 Å². The number of aromatic nitrogens is 1. The molecule has 220 valence electrons. The van der Waals surface area contributed by atoms with Crippen molar-refractivity contribution in [3.05, 3.63) is 111 Å².